The van der Waals surface area contributed by atoms with E-state index in [2.05, 4.69) is 10.5 Å². The first kappa shape index (κ1) is 17.7. The van der Waals surface area contributed by atoms with E-state index in [0.717, 1.165) is 11.6 Å². The standard InChI is InChI=1S/C17H15N3O5/c1-25-15-10-13(9-14(17(15)22)20(23)24)11-18-19-16(21)8-7-12-5-3-2-4-6-12/h2-11,22H,1H3,(H,19,21)/b8-7+,18-11+. The summed E-state index contributed by atoms with van der Waals surface area (Å²) in [7, 11) is 1.27. The first-order valence-electron chi connectivity index (χ1n) is 7.13. The second-order valence-corrected chi connectivity index (χ2v) is 4.83. The fourth-order valence-electron chi connectivity index (χ4n) is 1.93. The quantitative estimate of drug-likeness (QED) is 0.362. The first-order chi connectivity index (χ1) is 12.0. The highest BCUT2D eigenvalue weighted by Crippen LogP contribution is 2.36. The van der Waals surface area contributed by atoms with E-state index >= 15 is 0 Å². The molecule has 2 N–H and O–H groups in total. The Morgan fingerprint density at radius 1 is 1.28 bits per heavy atom. The van der Waals surface area contributed by atoms with Crippen molar-refractivity contribution in [1.29, 1.82) is 0 Å². The van der Waals surface area contributed by atoms with E-state index < -0.39 is 22.3 Å². The van der Waals surface area contributed by atoms with Gasteiger partial charge in [0, 0.05) is 17.7 Å². The molecule has 1 amide bonds. The lowest BCUT2D eigenvalue weighted by Gasteiger charge is -2.04. The summed E-state index contributed by atoms with van der Waals surface area (Å²) in [4.78, 5) is 21.8. The number of rotatable bonds is 6. The van der Waals surface area contributed by atoms with E-state index in [1.165, 1.54) is 25.5 Å². The number of methoxy groups -OCH3 is 1. The van der Waals surface area contributed by atoms with Crippen LogP contribution in [0, 0.1) is 10.1 Å². The van der Waals surface area contributed by atoms with Gasteiger partial charge >= 0.3 is 5.69 Å². The molecule has 8 nitrogen and oxygen atoms in total. The summed E-state index contributed by atoms with van der Waals surface area (Å²) in [5.74, 6) is -1.09. The van der Waals surface area contributed by atoms with Gasteiger partial charge in [0.25, 0.3) is 5.91 Å². The minimum Gasteiger partial charge on any atom is -0.500 e. The van der Waals surface area contributed by atoms with Crippen molar-refractivity contribution in [3.8, 4) is 11.5 Å². The largest absolute Gasteiger partial charge is 0.500 e. The average molecular weight is 341 g/mol. The molecule has 0 aliphatic heterocycles. The van der Waals surface area contributed by atoms with Gasteiger partial charge in [-0.05, 0) is 17.7 Å². The second kappa shape index (κ2) is 8.25. The van der Waals surface area contributed by atoms with Crippen molar-refractivity contribution in [2.24, 2.45) is 5.10 Å². The average Bonchev–Trinajstić information content (AvgIpc) is 2.61. The van der Waals surface area contributed by atoms with Crippen LogP contribution in [-0.2, 0) is 4.79 Å². The molecule has 8 heteroatoms. The summed E-state index contributed by atoms with van der Waals surface area (Å²) in [5.41, 5.74) is 2.90. The highest BCUT2D eigenvalue weighted by molar-refractivity contribution is 5.92. The smallest absolute Gasteiger partial charge is 0.315 e. The molecule has 0 radical (unpaired) electrons. The van der Waals surface area contributed by atoms with Gasteiger partial charge in [0.05, 0.1) is 18.2 Å². The van der Waals surface area contributed by atoms with Gasteiger partial charge in [0.2, 0.25) is 5.75 Å². The minimum atomic E-state index is -0.740. The number of carbonyl (C=O) groups excluding carboxylic acids is 1. The van der Waals surface area contributed by atoms with E-state index in [9.17, 15) is 20.0 Å². The van der Waals surface area contributed by atoms with Crippen LogP contribution in [0.15, 0.2) is 53.6 Å². The summed E-state index contributed by atoms with van der Waals surface area (Å²) >= 11 is 0. The van der Waals surface area contributed by atoms with Crippen LogP contribution >= 0.6 is 0 Å². The van der Waals surface area contributed by atoms with Crippen molar-refractivity contribution in [3.63, 3.8) is 0 Å². The number of phenols is 1. The number of amides is 1. The lowest BCUT2D eigenvalue weighted by Crippen LogP contribution is -2.14. The predicted octanol–water partition coefficient (Wildman–Crippen LogP) is 2.47. The number of aromatic hydroxyl groups is 1. The molecule has 0 saturated carbocycles. The fourth-order valence-corrected chi connectivity index (χ4v) is 1.93. The maximum atomic E-state index is 11.7. The fraction of sp³-hybridized carbons (Fsp3) is 0.0588. The summed E-state index contributed by atoms with van der Waals surface area (Å²) in [5, 5.41) is 24.3. The Hall–Kier alpha value is -3.68. The normalized spacial score (nSPS) is 10.9. The third kappa shape index (κ3) is 4.90. The number of benzene rings is 2. The number of nitrogens with zero attached hydrogens (tertiary/aromatic N) is 2. The van der Waals surface area contributed by atoms with Gasteiger partial charge in [-0.1, -0.05) is 30.3 Å². The van der Waals surface area contributed by atoms with Crippen LogP contribution in [0.25, 0.3) is 6.08 Å². The zero-order valence-corrected chi connectivity index (χ0v) is 13.2. The number of hydrogen-bond donors (Lipinski definition) is 2. The SMILES string of the molecule is COc1cc(/C=N/NC(=O)/C=C/c2ccccc2)cc([N+](=O)[O-])c1O. The lowest BCUT2D eigenvalue weighted by atomic mass is 10.2. The van der Waals surface area contributed by atoms with Crippen molar-refractivity contribution in [2.45, 2.75) is 0 Å². The maximum Gasteiger partial charge on any atom is 0.315 e. The molecule has 128 valence electrons. The molecule has 0 bridgehead atoms. The van der Waals surface area contributed by atoms with E-state index in [0.29, 0.717) is 0 Å². The number of nitrogens with one attached hydrogen (secondary N) is 1. The summed E-state index contributed by atoms with van der Waals surface area (Å²) < 4.78 is 4.88. The molecule has 0 fully saturated rings. The number of carbonyl (C=O) groups is 1. The number of ether oxygens (including phenoxy) is 1. The molecule has 25 heavy (non-hydrogen) atoms. The second-order valence-electron chi connectivity index (χ2n) is 4.83. The zero-order chi connectivity index (χ0) is 18.2. The molecule has 2 aromatic carbocycles. The molecular formula is C17H15N3O5. The van der Waals surface area contributed by atoms with Gasteiger partial charge in [-0.2, -0.15) is 5.10 Å². The number of hydrogen-bond acceptors (Lipinski definition) is 6. The van der Waals surface area contributed by atoms with Gasteiger partial charge in [-0.15, -0.1) is 0 Å². The van der Waals surface area contributed by atoms with Crippen LogP contribution in [0.1, 0.15) is 11.1 Å². The Labute approximate surface area is 143 Å². The number of nitro groups is 1. The summed E-state index contributed by atoms with van der Waals surface area (Å²) in [6, 6.07) is 11.7. The minimum absolute atomic E-state index is 0.0639. The van der Waals surface area contributed by atoms with Crippen LogP contribution in [0.5, 0.6) is 11.5 Å². The lowest BCUT2D eigenvalue weighted by molar-refractivity contribution is -0.386. The van der Waals surface area contributed by atoms with E-state index in [1.54, 1.807) is 6.08 Å². The van der Waals surface area contributed by atoms with E-state index in [-0.39, 0.29) is 11.3 Å². The Kier molecular flexibility index (Phi) is 5.83. The Morgan fingerprint density at radius 3 is 2.64 bits per heavy atom. The number of nitro benzene ring substituents is 1. The molecular weight excluding hydrogens is 326 g/mol. The first-order valence-corrected chi connectivity index (χ1v) is 7.13. The Morgan fingerprint density at radius 2 is 2.00 bits per heavy atom. The van der Waals surface area contributed by atoms with E-state index in [4.69, 9.17) is 4.74 Å². The molecule has 0 aliphatic carbocycles. The van der Waals surface area contributed by atoms with Crippen molar-refractivity contribution in [2.75, 3.05) is 7.11 Å². The third-order valence-electron chi connectivity index (χ3n) is 3.11. The topological polar surface area (TPSA) is 114 Å². The summed E-state index contributed by atoms with van der Waals surface area (Å²) in [6.45, 7) is 0. The van der Waals surface area contributed by atoms with Crippen LogP contribution in [0.3, 0.4) is 0 Å². The molecule has 0 spiro atoms. The number of hydrazone groups is 1. The molecule has 0 unspecified atom stereocenters. The Bertz CT molecular complexity index is 832. The van der Waals surface area contributed by atoms with Crippen molar-refractivity contribution >= 4 is 23.9 Å². The highest BCUT2D eigenvalue weighted by atomic mass is 16.6. The van der Waals surface area contributed by atoms with Crippen molar-refractivity contribution in [1.82, 2.24) is 5.43 Å². The van der Waals surface area contributed by atoms with Crippen molar-refractivity contribution in [3.05, 3.63) is 69.8 Å². The molecule has 0 aromatic heterocycles. The van der Waals surface area contributed by atoms with E-state index in [1.807, 2.05) is 30.3 Å². The van der Waals surface area contributed by atoms with Gasteiger partial charge in [0.1, 0.15) is 0 Å². The predicted molar refractivity (Wildman–Crippen MR) is 92.5 cm³/mol. The molecule has 0 atom stereocenters. The molecule has 0 heterocycles. The highest BCUT2D eigenvalue weighted by Gasteiger charge is 2.19. The zero-order valence-electron chi connectivity index (χ0n) is 13.2. The number of phenolic OH excluding ortho intramolecular Hbond substituents is 1. The van der Waals surface area contributed by atoms with Crippen LogP contribution < -0.4 is 10.2 Å². The van der Waals surface area contributed by atoms with Gasteiger partial charge in [-0.25, -0.2) is 5.43 Å². The van der Waals surface area contributed by atoms with Crippen LogP contribution in [-0.4, -0.2) is 29.3 Å². The maximum absolute atomic E-state index is 11.7. The third-order valence-corrected chi connectivity index (χ3v) is 3.11. The van der Waals surface area contributed by atoms with Crippen molar-refractivity contribution < 1.29 is 19.6 Å². The van der Waals surface area contributed by atoms with Crippen LogP contribution in [0.4, 0.5) is 5.69 Å². The molecule has 2 rings (SSSR count). The van der Waals surface area contributed by atoms with Gasteiger partial charge in [0.15, 0.2) is 5.75 Å². The van der Waals surface area contributed by atoms with Gasteiger partial charge in [-0.3, -0.25) is 14.9 Å². The Balaban J connectivity index is 2.06. The monoisotopic (exact) mass is 341 g/mol. The molecule has 0 aliphatic rings. The molecule has 2 aromatic rings. The molecule has 0 saturated heterocycles. The van der Waals surface area contributed by atoms with Crippen LogP contribution in [0.2, 0.25) is 0 Å². The summed E-state index contributed by atoms with van der Waals surface area (Å²) in [6.07, 6.45) is 4.15. The van der Waals surface area contributed by atoms with Gasteiger partial charge < -0.3 is 9.84 Å².